The van der Waals surface area contributed by atoms with Crippen molar-refractivity contribution in [2.45, 2.75) is 11.8 Å². The third-order valence-electron chi connectivity index (χ3n) is 4.87. The Morgan fingerprint density at radius 1 is 0.969 bits per heavy atom. The van der Waals surface area contributed by atoms with Crippen LogP contribution in [-0.2, 0) is 10.0 Å². The van der Waals surface area contributed by atoms with Crippen molar-refractivity contribution in [2.24, 2.45) is 0 Å². The number of para-hydroxylation sites is 2. The van der Waals surface area contributed by atoms with E-state index >= 15 is 0 Å². The van der Waals surface area contributed by atoms with Crippen LogP contribution in [0, 0.1) is 0 Å². The first kappa shape index (κ1) is 23.6. The molecule has 32 heavy (non-hydrogen) atoms. The van der Waals surface area contributed by atoms with Crippen LogP contribution in [0.15, 0.2) is 83.8 Å². The molecule has 0 N–H and O–H groups in total. The number of amides is 1. The Balaban J connectivity index is 1.79. The smallest absolute Gasteiger partial charge is 0.264 e. The number of nitrogens with zero attached hydrogens (tertiary/aromatic N) is 2. The molecule has 0 aromatic heterocycles. The molecule has 3 aromatic rings. The van der Waals surface area contributed by atoms with Crippen molar-refractivity contribution in [3.63, 3.8) is 0 Å². The molecular weight excluding hydrogens is 448 g/mol. The van der Waals surface area contributed by atoms with Crippen LogP contribution in [0.1, 0.15) is 17.3 Å². The maximum atomic E-state index is 13.3. The number of carbonyl (C=O) groups is 1. The van der Waals surface area contributed by atoms with Crippen LogP contribution in [0.25, 0.3) is 0 Å². The predicted octanol–water partition coefficient (Wildman–Crippen LogP) is 4.71. The summed E-state index contributed by atoms with van der Waals surface area (Å²) < 4.78 is 33.5. The van der Waals surface area contributed by atoms with Crippen LogP contribution in [-0.4, -0.2) is 46.0 Å². The van der Waals surface area contributed by atoms with E-state index in [1.54, 1.807) is 38.2 Å². The second-order valence-electron chi connectivity index (χ2n) is 7.04. The number of anilines is 1. The minimum Gasteiger partial charge on any atom is -0.492 e. The van der Waals surface area contributed by atoms with Crippen LogP contribution in [0.4, 0.5) is 5.69 Å². The minimum atomic E-state index is -3.88. The molecule has 0 saturated carbocycles. The number of hydrogen-bond donors (Lipinski definition) is 0. The molecule has 168 valence electrons. The lowest BCUT2D eigenvalue weighted by Crippen LogP contribution is -2.32. The fraction of sp³-hybridized carbons (Fsp3) is 0.208. The first-order valence-corrected chi connectivity index (χ1v) is 12.0. The number of rotatable bonds is 9. The van der Waals surface area contributed by atoms with Crippen molar-refractivity contribution in [3.8, 4) is 5.75 Å². The second-order valence-corrected chi connectivity index (χ2v) is 9.30. The van der Waals surface area contributed by atoms with Gasteiger partial charge in [-0.3, -0.25) is 9.10 Å². The van der Waals surface area contributed by atoms with Gasteiger partial charge in [-0.25, -0.2) is 8.42 Å². The lowest BCUT2D eigenvalue weighted by molar-refractivity contribution is 0.0773. The molecule has 3 aromatic carbocycles. The molecule has 0 spiro atoms. The summed E-state index contributed by atoms with van der Waals surface area (Å²) in [4.78, 5) is 14.4. The molecule has 8 heteroatoms. The first-order chi connectivity index (χ1) is 15.3. The van der Waals surface area contributed by atoms with Gasteiger partial charge in [-0.2, -0.15) is 0 Å². The van der Waals surface area contributed by atoms with Crippen LogP contribution in [0.5, 0.6) is 5.75 Å². The summed E-state index contributed by atoms with van der Waals surface area (Å²) in [5.41, 5.74) is 0.673. The minimum absolute atomic E-state index is 0.00453. The molecule has 0 aliphatic carbocycles. The van der Waals surface area contributed by atoms with Gasteiger partial charge in [0.25, 0.3) is 15.9 Å². The third kappa shape index (κ3) is 5.41. The second kappa shape index (κ2) is 10.5. The van der Waals surface area contributed by atoms with Crippen molar-refractivity contribution < 1.29 is 17.9 Å². The monoisotopic (exact) mass is 472 g/mol. The number of likely N-dealkylation sites (N-methyl/N-ethyl adjacent to an activating group) is 1. The van der Waals surface area contributed by atoms with Gasteiger partial charge < -0.3 is 9.64 Å². The molecule has 1 amide bonds. The van der Waals surface area contributed by atoms with Crippen LogP contribution in [0.3, 0.4) is 0 Å². The van der Waals surface area contributed by atoms with Gasteiger partial charge >= 0.3 is 0 Å². The number of ether oxygens (including phenoxy) is 1. The average molecular weight is 473 g/mol. The van der Waals surface area contributed by atoms with E-state index in [1.807, 2.05) is 36.4 Å². The van der Waals surface area contributed by atoms with E-state index in [0.717, 1.165) is 0 Å². The van der Waals surface area contributed by atoms with E-state index in [1.165, 1.54) is 27.4 Å². The van der Waals surface area contributed by atoms with Gasteiger partial charge in [-0.15, -0.1) is 0 Å². The summed E-state index contributed by atoms with van der Waals surface area (Å²) in [5.74, 6) is 0.325. The Bertz CT molecular complexity index is 1160. The fourth-order valence-electron chi connectivity index (χ4n) is 3.17. The summed E-state index contributed by atoms with van der Waals surface area (Å²) in [6.07, 6.45) is 0. The SMILES string of the molecule is CCN(c1ccccc1)S(=O)(=O)c1ccc(Cl)c(C(=O)N(C)CCOc2ccccc2)c1. The highest BCUT2D eigenvalue weighted by Crippen LogP contribution is 2.27. The van der Waals surface area contributed by atoms with E-state index in [9.17, 15) is 13.2 Å². The topological polar surface area (TPSA) is 66.9 Å². The van der Waals surface area contributed by atoms with Gasteiger partial charge in [0.05, 0.1) is 27.7 Å². The highest BCUT2D eigenvalue weighted by Gasteiger charge is 2.26. The maximum Gasteiger partial charge on any atom is 0.264 e. The summed E-state index contributed by atoms with van der Waals surface area (Å²) in [7, 11) is -2.25. The Morgan fingerprint density at radius 3 is 2.22 bits per heavy atom. The van der Waals surface area contributed by atoms with E-state index in [-0.39, 0.29) is 27.9 Å². The molecule has 6 nitrogen and oxygen atoms in total. The van der Waals surface area contributed by atoms with Gasteiger partial charge in [-0.1, -0.05) is 48.0 Å². The van der Waals surface area contributed by atoms with E-state index in [0.29, 0.717) is 24.6 Å². The van der Waals surface area contributed by atoms with Gasteiger partial charge in [0.2, 0.25) is 0 Å². The van der Waals surface area contributed by atoms with E-state index in [2.05, 4.69) is 0 Å². The summed E-state index contributed by atoms with van der Waals surface area (Å²) >= 11 is 6.26. The molecule has 0 unspecified atom stereocenters. The zero-order valence-corrected chi connectivity index (χ0v) is 19.5. The van der Waals surface area contributed by atoms with Crippen LogP contribution < -0.4 is 9.04 Å². The molecule has 0 saturated heterocycles. The summed E-state index contributed by atoms with van der Waals surface area (Å²) in [6.45, 7) is 2.60. The highest BCUT2D eigenvalue weighted by atomic mass is 35.5. The highest BCUT2D eigenvalue weighted by molar-refractivity contribution is 7.92. The number of benzene rings is 3. The van der Waals surface area contributed by atoms with Crippen molar-refractivity contribution in [1.82, 2.24) is 4.90 Å². The molecule has 0 bridgehead atoms. The van der Waals surface area contributed by atoms with Gasteiger partial charge in [0, 0.05) is 13.6 Å². The lowest BCUT2D eigenvalue weighted by Gasteiger charge is -2.24. The van der Waals surface area contributed by atoms with Crippen molar-refractivity contribution in [1.29, 1.82) is 0 Å². The molecule has 0 radical (unpaired) electrons. The predicted molar refractivity (Wildman–Crippen MR) is 127 cm³/mol. The van der Waals surface area contributed by atoms with Crippen molar-refractivity contribution >= 4 is 33.2 Å². The first-order valence-electron chi connectivity index (χ1n) is 10.1. The maximum absolute atomic E-state index is 13.3. The molecule has 0 aliphatic rings. The zero-order chi connectivity index (χ0) is 23.1. The molecule has 0 aliphatic heterocycles. The lowest BCUT2D eigenvalue weighted by atomic mass is 10.2. The number of sulfonamides is 1. The molecular formula is C24H25ClN2O4S. The molecule has 0 atom stereocenters. The molecule has 3 rings (SSSR count). The van der Waals surface area contributed by atoms with Gasteiger partial charge in [-0.05, 0) is 49.4 Å². The Hall–Kier alpha value is -3.03. The molecule has 0 fully saturated rings. The van der Waals surface area contributed by atoms with Crippen molar-refractivity contribution in [2.75, 3.05) is 31.0 Å². The van der Waals surface area contributed by atoms with Gasteiger partial charge in [0.15, 0.2) is 0 Å². The van der Waals surface area contributed by atoms with Crippen LogP contribution in [0.2, 0.25) is 5.02 Å². The Morgan fingerprint density at radius 2 is 1.59 bits per heavy atom. The average Bonchev–Trinajstić information content (AvgIpc) is 2.80. The van der Waals surface area contributed by atoms with Gasteiger partial charge in [0.1, 0.15) is 12.4 Å². The number of carbonyl (C=O) groups excluding carboxylic acids is 1. The third-order valence-corrected chi connectivity index (χ3v) is 7.10. The quantitative estimate of drug-likeness (QED) is 0.452. The Kier molecular flexibility index (Phi) is 7.77. The zero-order valence-electron chi connectivity index (χ0n) is 17.9. The summed E-state index contributed by atoms with van der Waals surface area (Å²) in [5, 5.41) is 0.188. The fourth-order valence-corrected chi connectivity index (χ4v) is 4.86. The van der Waals surface area contributed by atoms with Crippen LogP contribution >= 0.6 is 11.6 Å². The Labute approximate surface area is 194 Å². The van der Waals surface area contributed by atoms with Crippen molar-refractivity contribution in [3.05, 3.63) is 89.4 Å². The standard InChI is InChI=1S/C24H25ClN2O4S/c1-3-27(19-10-6-4-7-11-19)32(29,30)21-14-15-23(25)22(18-21)24(28)26(2)16-17-31-20-12-8-5-9-13-20/h4-15,18H,3,16-17H2,1-2H3. The number of hydrogen-bond acceptors (Lipinski definition) is 4. The summed E-state index contributed by atoms with van der Waals surface area (Å²) in [6, 6.07) is 22.3. The van der Waals surface area contributed by atoms with E-state index < -0.39 is 10.0 Å². The number of halogens is 1. The molecule has 0 heterocycles. The van der Waals surface area contributed by atoms with E-state index in [4.69, 9.17) is 16.3 Å². The normalized spacial score (nSPS) is 11.1. The largest absolute Gasteiger partial charge is 0.492 e.